The van der Waals surface area contributed by atoms with E-state index in [1.54, 1.807) is 24.3 Å². The van der Waals surface area contributed by atoms with Crippen LogP contribution in [0.2, 0.25) is 0 Å². The fourth-order valence-electron chi connectivity index (χ4n) is 1.42. The maximum Gasteiger partial charge on any atom is 1.00 e. The van der Waals surface area contributed by atoms with Crippen molar-refractivity contribution in [2.24, 2.45) is 11.5 Å². The zero-order valence-electron chi connectivity index (χ0n) is 17.8. The minimum atomic E-state index is -4.02. The molecule has 0 aliphatic carbocycles. The summed E-state index contributed by atoms with van der Waals surface area (Å²) in [6.45, 7) is 5.85. The zero-order valence-corrected chi connectivity index (χ0v) is 21.5. The molecular formula is C18H27N2NaO8S2. The van der Waals surface area contributed by atoms with Crippen molar-refractivity contribution in [3.05, 3.63) is 59.7 Å². The van der Waals surface area contributed by atoms with E-state index < -0.39 is 26.2 Å². The summed E-state index contributed by atoms with van der Waals surface area (Å²) in [6, 6.07) is 12.0. The molecule has 10 nitrogen and oxygen atoms in total. The molecule has 2 rings (SSSR count). The molecule has 6 N–H and O–H groups in total. The molecule has 0 amide bonds. The number of carboxylic acids is 1. The molecule has 0 saturated heterocycles. The Morgan fingerprint density at radius 3 is 1.10 bits per heavy atom. The van der Waals surface area contributed by atoms with Crippen LogP contribution in [-0.2, 0) is 25.0 Å². The first kappa shape index (κ1) is 34.3. The van der Waals surface area contributed by atoms with Crippen LogP contribution in [0.3, 0.4) is 0 Å². The van der Waals surface area contributed by atoms with Crippen molar-refractivity contribution in [1.29, 1.82) is 0 Å². The minimum Gasteiger partial charge on any atom is -0.550 e. The number of benzene rings is 2. The van der Waals surface area contributed by atoms with Crippen LogP contribution in [0, 0.1) is 13.8 Å². The van der Waals surface area contributed by atoms with Gasteiger partial charge in [0, 0.05) is 19.1 Å². The van der Waals surface area contributed by atoms with Gasteiger partial charge in [-0.15, -0.1) is 0 Å². The van der Waals surface area contributed by atoms with E-state index in [0.29, 0.717) is 13.1 Å². The number of aryl methyl sites for hydroxylation is 2. The number of aliphatic carboxylic acids is 1. The van der Waals surface area contributed by atoms with Gasteiger partial charge in [0.15, 0.2) is 0 Å². The van der Waals surface area contributed by atoms with Crippen LogP contribution < -0.4 is 46.1 Å². The van der Waals surface area contributed by atoms with Crippen molar-refractivity contribution in [3.8, 4) is 0 Å². The van der Waals surface area contributed by atoms with Gasteiger partial charge in [-0.2, -0.15) is 16.8 Å². The molecule has 31 heavy (non-hydrogen) atoms. The van der Waals surface area contributed by atoms with Crippen molar-refractivity contribution in [2.45, 2.75) is 30.6 Å². The summed E-state index contributed by atoms with van der Waals surface area (Å²) in [5, 5.41) is 8.89. The van der Waals surface area contributed by atoms with E-state index in [4.69, 9.17) is 30.5 Å². The zero-order chi connectivity index (χ0) is 24.0. The summed E-state index contributed by atoms with van der Waals surface area (Å²) in [6.07, 6.45) is 0. The summed E-state index contributed by atoms with van der Waals surface area (Å²) >= 11 is 0. The third kappa shape index (κ3) is 20.3. The molecule has 13 heteroatoms. The van der Waals surface area contributed by atoms with Crippen LogP contribution in [-0.4, -0.2) is 45.0 Å². The first-order valence-electron chi connectivity index (χ1n) is 8.31. The molecule has 0 heterocycles. The molecule has 0 saturated carbocycles. The number of nitrogens with two attached hydrogens (primary N) is 2. The van der Waals surface area contributed by atoms with Crippen molar-refractivity contribution in [1.82, 2.24) is 0 Å². The summed E-state index contributed by atoms with van der Waals surface area (Å²) in [5.74, 6) is -1.08. The average Bonchev–Trinajstić information content (AvgIpc) is 2.61. The monoisotopic (exact) mass is 486 g/mol. The third-order valence-electron chi connectivity index (χ3n) is 2.80. The van der Waals surface area contributed by atoms with E-state index >= 15 is 0 Å². The minimum absolute atomic E-state index is 0. The molecule has 0 unspecified atom stereocenters. The first-order chi connectivity index (χ1) is 13.6. The summed E-state index contributed by atoms with van der Waals surface area (Å²) < 4.78 is 59.1. The topological polar surface area (TPSA) is 201 Å². The smallest absolute Gasteiger partial charge is 0.550 e. The van der Waals surface area contributed by atoms with E-state index in [2.05, 4.69) is 0 Å². The van der Waals surface area contributed by atoms with Crippen LogP contribution in [0.15, 0.2) is 58.3 Å². The Kier molecular flexibility index (Phi) is 19.1. The van der Waals surface area contributed by atoms with Gasteiger partial charge < -0.3 is 21.4 Å². The van der Waals surface area contributed by atoms with Crippen LogP contribution >= 0.6 is 0 Å². The van der Waals surface area contributed by atoms with Crippen LogP contribution in [0.25, 0.3) is 0 Å². The standard InChI is InChI=1S/2C7H8O3S.C2H8N2.C2H4O2.Na/c2*1-6-2-4-7(5-3-6)11(8,9)10;3-1-2-4;1-2(3)4;/h2*2-5H,1H3,(H,8,9,10);1-4H2;1H3,(H,3,4);/q;;;;+1/p-1. The number of carbonyl (C=O) groups is 1. The van der Waals surface area contributed by atoms with Crippen molar-refractivity contribution in [3.63, 3.8) is 0 Å². The summed E-state index contributed by atoms with van der Waals surface area (Å²) in [5.41, 5.74) is 11.7. The fourth-order valence-corrected chi connectivity index (χ4v) is 2.38. The Bertz CT molecular complexity index is 883. The van der Waals surface area contributed by atoms with Gasteiger partial charge >= 0.3 is 29.6 Å². The molecule has 0 radical (unpaired) electrons. The number of carboxylic acid groups (broad SMARTS) is 1. The maximum atomic E-state index is 10.5. The van der Waals surface area contributed by atoms with Gasteiger partial charge in [-0.1, -0.05) is 35.4 Å². The number of carbonyl (C=O) groups excluding carboxylic acids is 1. The van der Waals surface area contributed by atoms with Crippen LogP contribution in [0.4, 0.5) is 0 Å². The molecule has 2 aromatic rings. The first-order valence-corrected chi connectivity index (χ1v) is 11.2. The van der Waals surface area contributed by atoms with Gasteiger partial charge in [-0.05, 0) is 45.0 Å². The van der Waals surface area contributed by atoms with E-state index in [0.717, 1.165) is 18.1 Å². The molecule has 2 aromatic carbocycles. The van der Waals surface area contributed by atoms with Gasteiger partial charge in [-0.25, -0.2) is 0 Å². The van der Waals surface area contributed by atoms with Gasteiger partial charge in [0.2, 0.25) is 0 Å². The van der Waals surface area contributed by atoms with Crippen LogP contribution in [0.1, 0.15) is 18.1 Å². The summed E-state index contributed by atoms with van der Waals surface area (Å²) in [7, 11) is -8.04. The van der Waals surface area contributed by atoms with E-state index in [1.807, 2.05) is 13.8 Å². The molecule has 0 aliphatic rings. The Labute approximate surface area is 205 Å². The maximum absolute atomic E-state index is 10.5. The van der Waals surface area contributed by atoms with E-state index in [-0.39, 0.29) is 39.3 Å². The van der Waals surface area contributed by atoms with E-state index in [1.165, 1.54) is 24.3 Å². The molecule has 0 bridgehead atoms. The molecule has 0 fully saturated rings. The quantitative estimate of drug-likeness (QED) is 0.258. The second kappa shape index (κ2) is 17.2. The predicted molar refractivity (Wildman–Crippen MR) is 111 cm³/mol. The van der Waals surface area contributed by atoms with Gasteiger partial charge in [0.1, 0.15) is 0 Å². The molecule has 0 aromatic heterocycles. The van der Waals surface area contributed by atoms with E-state index in [9.17, 15) is 16.8 Å². The molecule has 0 spiro atoms. The molecule has 0 aliphatic heterocycles. The van der Waals surface area contributed by atoms with Gasteiger partial charge in [-0.3, -0.25) is 9.11 Å². The molecule has 170 valence electrons. The Balaban J connectivity index is -0.000000370. The largest absolute Gasteiger partial charge is 1.00 e. The Morgan fingerprint density at radius 2 is 0.968 bits per heavy atom. The number of rotatable bonds is 3. The summed E-state index contributed by atoms with van der Waals surface area (Å²) in [4.78, 5) is 8.76. The second-order valence-corrected chi connectivity index (χ2v) is 8.49. The van der Waals surface area contributed by atoms with Crippen molar-refractivity contribution in [2.75, 3.05) is 13.1 Å². The van der Waals surface area contributed by atoms with Gasteiger partial charge in [0.25, 0.3) is 20.2 Å². The molecular weight excluding hydrogens is 459 g/mol. The Hall–Kier alpha value is -1.35. The van der Waals surface area contributed by atoms with Gasteiger partial charge in [0.05, 0.1) is 9.79 Å². The fraction of sp³-hybridized carbons (Fsp3) is 0.278. The number of hydrogen-bond acceptors (Lipinski definition) is 8. The second-order valence-electron chi connectivity index (χ2n) is 5.65. The number of hydrogen-bond donors (Lipinski definition) is 4. The third-order valence-corrected chi connectivity index (χ3v) is 4.54. The average molecular weight is 487 g/mol. The Morgan fingerprint density at radius 1 is 0.774 bits per heavy atom. The SMILES string of the molecule is CC(=O)[O-].Cc1ccc(S(=O)(=O)O)cc1.Cc1ccc(S(=O)(=O)O)cc1.NCCN.[Na+]. The normalized spacial score (nSPS) is 9.90. The van der Waals surface area contributed by atoms with Crippen molar-refractivity contribution < 1.29 is 65.4 Å². The van der Waals surface area contributed by atoms with Crippen LogP contribution in [0.5, 0.6) is 0 Å². The molecule has 0 atom stereocenters. The van der Waals surface area contributed by atoms with Crippen molar-refractivity contribution >= 4 is 26.2 Å². The predicted octanol–water partition coefficient (Wildman–Crippen LogP) is -2.85.